The van der Waals surface area contributed by atoms with Crippen molar-refractivity contribution in [2.45, 2.75) is 165 Å². The first-order chi connectivity index (χ1) is 31.8. The van der Waals surface area contributed by atoms with Gasteiger partial charge in [0.15, 0.2) is 0 Å². The molecule has 0 radical (unpaired) electrons. The smallest absolute Gasteiger partial charge is 0.309 e. The number of aliphatic hydroxyl groups is 1. The molecule has 0 amide bonds. The summed E-state index contributed by atoms with van der Waals surface area (Å²) in [5.74, 6) is 2.08. The standard InChI is InChI=1S/C28H39NO3.C20H25NO3.C10H20O/c1-19-17-26(32-22-11-9-21(10-12-22)28(2,3)4)25(24-8-6-5-7-23(19)24)18-29-15-13-20(14-16-29)27(30)31;1-3-24-20(23)15-8-10-21(11-9-15)13-18-17-7-5-4-6-16(17)14(2)12-19(18)22;1-10(2,3)8-4-6-9(11)7-5-8/h5-8,17,20-22H,9-16,18H2,1-4H3,(H,30,31);4-7,12,15,22H,3,8-11,13H2,1-2H3;8-9,11H,4-7H2,1-3H3. The first-order valence-corrected chi connectivity index (χ1v) is 25.7. The maximum absolute atomic E-state index is 11.8. The molecule has 9 nitrogen and oxygen atoms in total. The van der Waals surface area contributed by atoms with Gasteiger partial charge in [-0.1, -0.05) is 90.1 Å². The number of fused-ring (bicyclic) bond motifs is 2. The lowest BCUT2D eigenvalue weighted by Gasteiger charge is -2.37. The zero-order chi connectivity index (χ0) is 48.5. The molecule has 2 aliphatic carbocycles. The van der Waals surface area contributed by atoms with Crippen LogP contribution in [0.3, 0.4) is 0 Å². The molecule has 2 heterocycles. The molecule has 0 bridgehead atoms. The number of hydrogen-bond acceptors (Lipinski definition) is 8. The Hall–Kier alpha value is -4.18. The van der Waals surface area contributed by atoms with Crippen LogP contribution in [-0.2, 0) is 27.4 Å². The fraction of sp³-hybridized carbons (Fsp3) is 0.621. The zero-order valence-electron chi connectivity index (χ0n) is 42.5. The summed E-state index contributed by atoms with van der Waals surface area (Å²) < 4.78 is 11.8. The number of nitrogens with zero attached hydrogens (tertiary/aromatic N) is 2. The zero-order valence-corrected chi connectivity index (χ0v) is 42.5. The summed E-state index contributed by atoms with van der Waals surface area (Å²) in [7, 11) is 0. The van der Waals surface area contributed by atoms with Crippen LogP contribution in [0.1, 0.15) is 148 Å². The van der Waals surface area contributed by atoms with E-state index in [0.717, 1.165) is 118 Å². The summed E-state index contributed by atoms with van der Waals surface area (Å²) in [6.45, 7) is 25.4. The van der Waals surface area contributed by atoms with Crippen molar-refractivity contribution in [1.29, 1.82) is 0 Å². The third-order valence-electron chi connectivity index (χ3n) is 15.7. The average molecular weight is 921 g/mol. The number of carboxylic acids is 1. The van der Waals surface area contributed by atoms with Crippen LogP contribution < -0.4 is 4.74 Å². The highest BCUT2D eigenvalue weighted by Crippen LogP contribution is 2.41. The number of aryl methyl sites for hydroxylation is 2. The Kier molecular flexibility index (Phi) is 18.2. The molecule has 0 unspecified atom stereocenters. The van der Waals surface area contributed by atoms with Crippen molar-refractivity contribution in [3.63, 3.8) is 0 Å². The van der Waals surface area contributed by atoms with Gasteiger partial charge in [0.05, 0.1) is 30.7 Å². The SMILES string of the molecule is CC(C)(C)C1CCC(O)CC1.CCOC(=O)C1CCN(Cc2c(O)cc(C)c3ccccc23)CC1.Cc1cc(OC2CCC(C(C)(C)C)CC2)c(CN2CCC(C(=O)O)CC2)c2ccccc12. The molecule has 0 atom stereocenters. The number of rotatable bonds is 9. The number of esters is 1. The quantitative estimate of drug-likeness (QED) is 0.141. The van der Waals surface area contributed by atoms with Crippen LogP contribution in [0, 0.1) is 48.3 Å². The minimum absolute atomic E-state index is 0.00593. The van der Waals surface area contributed by atoms with Gasteiger partial charge in [0.25, 0.3) is 0 Å². The molecule has 4 aromatic carbocycles. The van der Waals surface area contributed by atoms with Crippen LogP contribution in [0.15, 0.2) is 60.7 Å². The number of hydrogen-bond donors (Lipinski definition) is 3. The summed E-state index contributed by atoms with van der Waals surface area (Å²) in [6, 6.07) is 20.9. The predicted octanol–water partition coefficient (Wildman–Crippen LogP) is 12.6. The number of likely N-dealkylation sites (tertiary alicyclic amines) is 2. The van der Waals surface area contributed by atoms with Crippen molar-refractivity contribution in [1.82, 2.24) is 9.80 Å². The van der Waals surface area contributed by atoms with Crippen molar-refractivity contribution in [2.75, 3.05) is 32.8 Å². The largest absolute Gasteiger partial charge is 0.508 e. The number of benzene rings is 4. The molecule has 2 saturated heterocycles. The van der Waals surface area contributed by atoms with Crippen molar-refractivity contribution >= 4 is 33.5 Å². The highest BCUT2D eigenvalue weighted by atomic mass is 16.5. The number of aromatic hydroxyl groups is 1. The number of carbonyl (C=O) groups is 2. The van der Waals surface area contributed by atoms with Gasteiger partial charge in [-0.15, -0.1) is 0 Å². The molecule has 4 fully saturated rings. The maximum Gasteiger partial charge on any atom is 0.309 e. The summed E-state index contributed by atoms with van der Waals surface area (Å²) in [5, 5.41) is 33.9. The van der Waals surface area contributed by atoms with Crippen molar-refractivity contribution in [3.05, 3.63) is 82.9 Å². The van der Waals surface area contributed by atoms with Gasteiger partial charge >= 0.3 is 11.9 Å². The fourth-order valence-electron chi connectivity index (χ4n) is 11.2. The summed E-state index contributed by atoms with van der Waals surface area (Å²) in [6.07, 6.45) is 12.6. The van der Waals surface area contributed by atoms with Crippen molar-refractivity contribution < 1.29 is 34.4 Å². The Bertz CT molecular complexity index is 2230. The number of phenolic OH excluding ortho intramolecular Hbond substituents is 1. The number of aliphatic carboxylic acids is 1. The second kappa shape index (κ2) is 23.4. The average Bonchev–Trinajstić information content (AvgIpc) is 3.30. The molecular formula is C58H84N2O7. The fourth-order valence-corrected chi connectivity index (χ4v) is 11.2. The predicted molar refractivity (Wildman–Crippen MR) is 273 cm³/mol. The lowest BCUT2D eigenvalue weighted by Crippen LogP contribution is -2.36. The molecule has 4 aromatic rings. The van der Waals surface area contributed by atoms with Gasteiger partial charge < -0.3 is 24.8 Å². The van der Waals surface area contributed by atoms with Crippen molar-refractivity contribution in [2.24, 2.45) is 34.5 Å². The minimum Gasteiger partial charge on any atom is -0.508 e. The van der Waals surface area contributed by atoms with Gasteiger partial charge in [-0.2, -0.15) is 0 Å². The number of carbonyl (C=O) groups excluding carboxylic acids is 1. The van der Waals surface area contributed by atoms with Gasteiger partial charge in [0.1, 0.15) is 11.5 Å². The molecule has 2 saturated carbocycles. The van der Waals surface area contributed by atoms with Crippen LogP contribution in [0.4, 0.5) is 0 Å². The van der Waals surface area contributed by atoms with E-state index in [1.54, 1.807) is 0 Å². The molecule has 368 valence electrons. The third-order valence-corrected chi connectivity index (χ3v) is 15.7. The molecule has 67 heavy (non-hydrogen) atoms. The van der Waals surface area contributed by atoms with E-state index in [9.17, 15) is 24.9 Å². The number of aliphatic hydroxyl groups excluding tert-OH is 1. The lowest BCUT2D eigenvalue weighted by atomic mass is 9.72. The van der Waals surface area contributed by atoms with E-state index in [1.165, 1.54) is 53.0 Å². The van der Waals surface area contributed by atoms with E-state index in [0.29, 0.717) is 29.7 Å². The first-order valence-electron chi connectivity index (χ1n) is 25.7. The molecule has 4 aliphatic rings. The molecule has 3 N–H and O–H groups in total. The Morgan fingerprint density at radius 3 is 1.52 bits per heavy atom. The van der Waals surface area contributed by atoms with Crippen molar-refractivity contribution in [3.8, 4) is 11.5 Å². The second-order valence-electron chi connectivity index (χ2n) is 22.5. The summed E-state index contributed by atoms with van der Waals surface area (Å²) in [5.41, 5.74) is 5.40. The van der Waals surface area contributed by atoms with Gasteiger partial charge in [-0.05, 0) is 191 Å². The van der Waals surface area contributed by atoms with Crippen LogP contribution in [0.2, 0.25) is 0 Å². The van der Waals surface area contributed by atoms with Gasteiger partial charge in [0, 0.05) is 24.2 Å². The molecular weight excluding hydrogens is 837 g/mol. The molecule has 2 aliphatic heterocycles. The topological polar surface area (TPSA) is 120 Å². The van der Waals surface area contributed by atoms with E-state index in [2.05, 4.69) is 101 Å². The minimum atomic E-state index is -0.652. The van der Waals surface area contributed by atoms with E-state index in [4.69, 9.17) is 9.47 Å². The normalized spacial score (nSPS) is 22.6. The maximum atomic E-state index is 11.8. The van der Waals surface area contributed by atoms with E-state index >= 15 is 0 Å². The van der Waals surface area contributed by atoms with Crippen LogP contribution in [0.25, 0.3) is 21.5 Å². The van der Waals surface area contributed by atoms with E-state index in [-0.39, 0.29) is 30.0 Å². The highest BCUT2D eigenvalue weighted by Gasteiger charge is 2.33. The van der Waals surface area contributed by atoms with Gasteiger partial charge in [0.2, 0.25) is 0 Å². The highest BCUT2D eigenvalue weighted by molar-refractivity contribution is 5.91. The molecule has 0 aromatic heterocycles. The number of carboxylic acid groups (broad SMARTS) is 1. The monoisotopic (exact) mass is 921 g/mol. The summed E-state index contributed by atoms with van der Waals surface area (Å²) >= 11 is 0. The van der Waals surface area contributed by atoms with E-state index < -0.39 is 5.97 Å². The van der Waals surface area contributed by atoms with E-state index in [1.807, 2.05) is 32.0 Å². The Balaban J connectivity index is 0.000000185. The summed E-state index contributed by atoms with van der Waals surface area (Å²) in [4.78, 5) is 27.9. The first kappa shape index (κ1) is 52.2. The van der Waals surface area contributed by atoms with Gasteiger partial charge in [-0.3, -0.25) is 19.4 Å². The van der Waals surface area contributed by atoms with Crippen LogP contribution >= 0.6 is 0 Å². The van der Waals surface area contributed by atoms with Crippen LogP contribution in [0.5, 0.6) is 11.5 Å². The Morgan fingerprint density at radius 1 is 0.612 bits per heavy atom. The Labute approximate surface area is 402 Å². The number of piperidine rings is 2. The Morgan fingerprint density at radius 2 is 1.04 bits per heavy atom. The second-order valence-corrected chi connectivity index (χ2v) is 22.5. The molecule has 8 rings (SSSR count). The molecule has 0 spiro atoms. The number of phenols is 1. The molecule has 9 heteroatoms. The third kappa shape index (κ3) is 14.2. The van der Waals surface area contributed by atoms with Gasteiger partial charge in [-0.25, -0.2) is 0 Å². The van der Waals surface area contributed by atoms with Crippen LogP contribution in [-0.4, -0.2) is 82.1 Å². The lowest BCUT2D eigenvalue weighted by molar-refractivity contribution is -0.149. The number of ether oxygens (including phenoxy) is 2.